The topological polar surface area (TPSA) is 79.0 Å². The molecule has 1 fully saturated rings. The van der Waals surface area contributed by atoms with Gasteiger partial charge in [-0.3, -0.25) is 4.79 Å². The van der Waals surface area contributed by atoms with E-state index >= 15 is 0 Å². The van der Waals surface area contributed by atoms with Crippen molar-refractivity contribution in [3.05, 3.63) is 18.2 Å². The zero-order valence-electron chi connectivity index (χ0n) is 11.2. The fraction of sp³-hybridized carbons (Fsp3) is 0.692. The van der Waals surface area contributed by atoms with Crippen LogP contribution in [0.4, 0.5) is 0 Å². The third-order valence-electron chi connectivity index (χ3n) is 3.24. The fourth-order valence-corrected chi connectivity index (χ4v) is 2.13. The highest BCUT2D eigenvalue weighted by Gasteiger charge is 2.13. The first-order valence-corrected chi connectivity index (χ1v) is 6.91. The van der Waals surface area contributed by atoms with Crippen LogP contribution in [-0.4, -0.2) is 48.2 Å². The number of amides is 1. The van der Waals surface area contributed by atoms with Crippen molar-refractivity contribution in [1.29, 1.82) is 0 Å². The molecule has 0 bridgehead atoms. The van der Waals surface area contributed by atoms with Crippen LogP contribution in [0.25, 0.3) is 0 Å². The summed E-state index contributed by atoms with van der Waals surface area (Å²) >= 11 is 0. The molecule has 0 aromatic carbocycles. The van der Waals surface area contributed by atoms with Gasteiger partial charge < -0.3 is 20.4 Å². The normalized spacial score (nSPS) is 16.4. The maximum Gasteiger partial charge on any atom is 0.222 e. The number of ether oxygens (including phenoxy) is 1. The van der Waals surface area contributed by atoms with Crippen molar-refractivity contribution in [1.82, 2.24) is 20.6 Å². The zero-order chi connectivity index (χ0) is 13.3. The Balaban J connectivity index is 1.49. The summed E-state index contributed by atoms with van der Waals surface area (Å²) in [5.41, 5.74) is 1.03. The Labute approximate surface area is 113 Å². The number of rotatable bonds is 7. The standard InChI is InChI=1S/C13H22N4O2/c18-13(16-7-1-11-9-15-10-17-11)4-8-19-12-2-5-14-6-3-12/h9-10,12,14H,1-8H2,(H,15,17)(H,16,18). The summed E-state index contributed by atoms with van der Waals surface area (Å²) in [6.45, 7) is 3.18. The van der Waals surface area contributed by atoms with E-state index in [1.807, 2.05) is 0 Å². The van der Waals surface area contributed by atoms with Crippen LogP contribution in [0.5, 0.6) is 0 Å². The molecule has 0 saturated carbocycles. The van der Waals surface area contributed by atoms with Crippen molar-refractivity contribution in [3.63, 3.8) is 0 Å². The lowest BCUT2D eigenvalue weighted by Crippen LogP contribution is -2.33. The molecule has 0 radical (unpaired) electrons. The van der Waals surface area contributed by atoms with Crippen LogP contribution in [0.3, 0.4) is 0 Å². The Bertz CT molecular complexity index is 361. The quantitative estimate of drug-likeness (QED) is 0.660. The SMILES string of the molecule is O=C(CCOC1CCNCC1)NCCc1cnc[nH]1. The van der Waals surface area contributed by atoms with Gasteiger partial charge >= 0.3 is 0 Å². The Morgan fingerprint density at radius 2 is 2.32 bits per heavy atom. The monoisotopic (exact) mass is 266 g/mol. The minimum Gasteiger partial charge on any atom is -0.378 e. The summed E-state index contributed by atoms with van der Waals surface area (Å²) in [4.78, 5) is 18.5. The largest absolute Gasteiger partial charge is 0.378 e. The van der Waals surface area contributed by atoms with Gasteiger partial charge in [0.2, 0.25) is 5.91 Å². The smallest absolute Gasteiger partial charge is 0.222 e. The van der Waals surface area contributed by atoms with Crippen molar-refractivity contribution in [2.75, 3.05) is 26.2 Å². The summed E-state index contributed by atoms with van der Waals surface area (Å²) in [5, 5.41) is 6.17. The molecule has 1 amide bonds. The molecule has 2 heterocycles. The summed E-state index contributed by atoms with van der Waals surface area (Å²) < 4.78 is 5.69. The number of aromatic nitrogens is 2. The molecule has 2 rings (SSSR count). The van der Waals surface area contributed by atoms with Gasteiger partial charge in [-0.25, -0.2) is 4.98 Å². The minimum atomic E-state index is 0.0495. The van der Waals surface area contributed by atoms with Gasteiger partial charge in [-0.05, 0) is 25.9 Å². The van der Waals surface area contributed by atoms with E-state index in [1.165, 1.54) is 0 Å². The molecule has 1 saturated heterocycles. The lowest BCUT2D eigenvalue weighted by atomic mass is 10.1. The molecule has 6 heteroatoms. The van der Waals surface area contributed by atoms with Gasteiger partial charge in [0.1, 0.15) is 0 Å². The maximum absolute atomic E-state index is 11.6. The fourth-order valence-electron chi connectivity index (χ4n) is 2.13. The lowest BCUT2D eigenvalue weighted by Gasteiger charge is -2.22. The van der Waals surface area contributed by atoms with E-state index in [4.69, 9.17) is 4.74 Å². The maximum atomic E-state index is 11.6. The number of carbonyl (C=O) groups excluding carboxylic acids is 1. The number of H-pyrrole nitrogens is 1. The second-order valence-electron chi connectivity index (χ2n) is 4.75. The average molecular weight is 266 g/mol. The van der Waals surface area contributed by atoms with Gasteiger partial charge in [-0.1, -0.05) is 0 Å². The zero-order valence-corrected chi connectivity index (χ0v) is 11.2. The molecule has 3 N–H and O–H groups in total. The van der Waals surface area contributed by atoms with Crippen LogP contribution in [0.1, 0.15) is 25.0 Å². The predicted octanol–water partition coefficient (Wildman–Crippen LogP) is 0.227. The van der Waals surface area contributed by atoms with E-state index in [9.17, 15) is 4.79 Å². The van der Waals surface area contributed by atoms with E-state index in [1.54, 1.807) is 12.5 Å². The van der Waals surface area contributed by atoms with Gasteiger partial charge in [-0.2, -0.15) is 0 Å². The molecule has 1 aliphatic rings. The summed E-state index contributed by atoms with van der Waals surface area (Å²) in [6.07, 6.45) is 7.03. The molecule has 6 nitrogen and oxygen atoms in total. The van der Waals surface area contributed by atoms with Crippen molar-refractivity contribution in [2.24, 2.45) is 0 Å². The van der Waals surface area contributed by atoms with Gasteiger partial charge in [0.25, 0.3) is 0 Å². The number of nitrogens with one attached hydrogen (secondary N) is 3. The highest BCUT2D eigenvalue weighted by molar-refractivity contribution is 5.75. The second-order valence-corrected chi connectivity index (χ2v) is 4.75. The summed E-state index contributed by atoms with van der Waals surface area (Å²) in [5.74, 6) is 0.0495. The molecule has 0 unspecified atom stereocenters. The van der Waals surface area contributed by atoms with Crippen LogP contribution in [0, 0.1) is 0 Å². The van der Waals surface area contributed by atoms with Gasteiger partial charge in [0, 0.05) is 31.3 Å². The molecular weight excluding hydrogens is 244 g/mol. The van der Waals surface area contributed by atoms with Crippen molar-refractivity contribution >= 4 is 5.91 Å². The second kappa shape index (κ2) is 7.91. The summed E-state index contributed by atoms with van der Waals surface area (Å²) in [6, 6.07) is 0. The number of carbonyl (C=O) groups is 1. The van der Waals surface area contributed by atoms with Crippen molar-refractivity contribution in [3.8, 4) is 0 Å². The molecule has 1 aromatic rings. The van der Waals surface area contributed by atoms with E-state index in [0.29, 0.717) is 25.7 Å². The molecule has 1 aliphatic heterocycles. The Hall–Kier alpha value is -1.40. The number of imidazole rings is 1. The first kappa shape index (κ1) is 14.0. The Morgan fingerprint density at radius 3 is 3.05 bits per heavy atom. The first-order chi connectivity index (χ1) is 9.34. The number of nitrogens with zero attached hydrogens (tertiary/aromatic N) is 1. The molecule has 19 heavy (non-hydrogen) atoms. The van der Waals surface area contributed by atoms with Crippen LogP contribution >= 0.6 is 0 Å². The number of aromatic amines is 1. The van der Waals surface area contributed by atoms with Crippen molar-refractivity contribution < 1.29 is 9.53 Å². The average Bonchev–Trinajstić information content (AvgIpc) is 2.93. The number of hydrogen-bond acceptors (Lipinski definition) is 4. The third kappa shape index (κ3) is 5.40. The number of hydrogen-bond donors (Lipinski definition) is 3. The van der Waals surface area contributed by atoms with E-state index in [-0.39, 0.29) is 5.91 Å². The highest BCUT2D eigenvalue weighted by atomic mass is 16.5. The van der Waals surface area contributed by atoms with Gasteiger partial charge in [-0.15, -0.1) is 0 Å². The van der Waals surface area contributed by atoms with Crippen LogP contribution in [0.2, 0.25) is 0 Å². The molecule has 0 spiro atoms. The molecule has 0 aliphatic carbocycles. The summed E-state index contributed by atoms with van der Waals surface area (Å²) in [7, 11) is 0. The van der Waals surface area contributed by atoms with E-state index in [0.717, 1.165) is 38.0 Å². The van der Waals surface area contributed by atoms with E-state index in [2.05, 4.69) is 20.6 Å². The lowest BCUT2D eigenvalue weighted by molar-refractivity contribution is -0.122. The molecular formula is C13H22N4O2. The van der Waals surface area contributed by atoms with Crippen LogP contribution < -0.4 is 10.6 Å². The molecule has 106 valence electrons. The minimum absolute atomic E-state index is 0.0495. The Morgan fingerprint density at radius 1 is 1.47 bits per heavy atom. The van der Waals surface area contributed by atoms with Crippen LogP contribution in [0.15, 0.2) is 12.5 Å². The van der Waals surface area contributed by atoms with Gasteiger partial charge in [0.05, 0.1) is 19.0 Å². The number of piperidine rings is 1. The molecule has 1 aromatic heterocycles. The van der Waals surface area contributed by atoms with Crippen LogP contribution in [-0.2, 0) is 16.0 Å². The Kier molecular flexibility index (Phi) is 5.84. The third-order valence-corrected chi connectivity index (χ3v) is 3.24. The predicted molar refractivity (Wildman–Crippen MR) is 71.8 cm³/mol. The van der Waals surface area contributed by atoms with E-state index < -0.39 is 0 Å². The van der Waals surface area contributed by atoms with Gasteiger partial charge in [0.15, 0.2) is 0 Å². The highest BCUT2D eigenvalue weighted by Crippen LogP contribution is 2.07. The van der Waals surface area contributed by atoms with Crippen molar-refractivity contribution in [2.45, 2.75) is 31.8 Å². The molecule has 0 atom stereocenters. The first-order valence-electron chi connectivity index (χ1n) is 6.91.